The second kappa shape index (κ2) is 4.46. The van der Waals surface area contributed by atoms with Crippen molar-refractivity contribution in [3.05, 3.63) is 29.6 Å². The van der Waals surface area contributed by atoms with Crippen molar-refractivity contribution >= 4 is 24.2 Å². The third-order valence-corrected chi connectivity index (χ3v) is 2.00. The van der Waals surface area contributed by atoms with Gasteiger partial charge in [-0.25, -0.2) is 4.39 Å². The fourth-order valence-corrected chi connectivity index (χ4v) is 1.02. The smallest absolute Gasteiger partial charge is 0.237 e. The standard InChI is InChI=1S/C10H12FNOS/c1-6-3-4-9(8(11)5-6)12-10(13)7(2)14/h3-5,7,14H,1-2H3,(H,12,13). The Balaban J connectivity index is 2.82. The number of anilines is 1. The molecule has 0 heterocycles. The van der Waals surface area contributed by atoms with Gasteiger partial charge < -0.3 is 5.32 Å². The average Bonchev–Trinajstić information content (AvgIpc) is 2.09. The van der Waals surface area contributed by atoms with E-state index in [4.69, 9.17) is 0 Å². The van der Waals surface area contributed by atoms with E-state index in [0.29, 0.717) is 0 Å². The van der Waals surface area contributed by atoms with E-state index in [2.05, 4.69) is 17.9 Å². The number of aryl methyl sites for hydroxylation is 1. The summed E-state index contributed by atoms with van der Waals surface area (Å²) in [4.78, 5) is 11.2. The van der Waals surface area contributed by atoms with Crippen LogP contribution >= 0.6 is 12.6 Å². The highest BCUT2D eigenvalue weighted by atomic mass is 32.1. The maximum absolute atomic E-state index is 13.2. The zero-order valence-corrected chi connectivity index (χ0v) is 8.94. The molecule has 0 fully saturated rings. The van der Waals surface area contributed by atoms with Crippen LogP contribution in [-0.2, 0) is 4.79 Å². The molecule has 1 N–H and O–H groups in total. The summed E-state index contributed by atoms with van der Waals surface area (Å²) in [6, 6.07) is 4.65. The molecule has 14 heavy (non-hydrogen) atoms. The summed E-state index contributed by atoms with van der Waals surface area (Å²) in [6.07, 6.45) is 0. The summed E-state index contributed by atoms with van der Waals surface area (Å²) in [6.45, 7) is 3.42. The van der Waals surface area contributed by atoms with Crippen molar-refractivity contribution in [2.45, 2.75) is 19.1 Å². The first-order chi connectivity index (χ1) is 6.50. The van der Waals surface area contributed by atoms with Crippen molar-refractivity contribution in [2.24, 2.45) is 0 Å². The van der Waals surface area contributed by atoms with Gasteiger partial charge in [0.1, 0.15) is 5.82 Å². The van der Waals surface area contributed by atoms with Gasteiger partial charge in [-0.15, -0.1) is 0 Å². The average molecular weight is 213 g/mol. The fraction of sp³-hybridized carbons (Fsp3) is 0.300. The van der Waals surface area contributed by atoms with Crippen LogP contribution in [0.4, 0.5) is 10.1 Å². The van der Waals surface area contributed by atoms with Gasteiger partial charge in [-0.3, -0.25) is 4.79 Å². The van der Waals surface area contributed by atoms with Crippen molar-refractivity contribution < 1.29 is 9.18 Å². The van der Waals surface area contributed by atoms with Crippen molar-refractivity contribution in [3.8, 4) is 0 Å². The molecule has 0 bridgehead atoms. The van der Waals surface area contributed by atoms with E-state index < -0.39 is 11.1 Å². The monoisotopic (exact) mass is 213 g/mol. The Labute approximate surface area is 87.9 Å². The fourth-order valence-electron chi connectivity index (χ4n) is 0.959. The molecule has 0 saturated carbocycles. The van der Waals surface area contributed by atoms with Gasteiger partial charge in [-0.05, 0) is 31.5 Å². The first kappa shape index (κ1) is 11.0. The minimum atomic E-state index is -0.448. The highest BCUT2D eigenvalue weighted by Crippen LogP contribution is 2.15. The van der Waals surface area contributed by atoms with Crippen LogP contribution in [0.15, 0.2) is 18.2 Å². The minimum absolute atomic E-state index is 0.196. The van der Waals surface area contributed by atoms with Crippen molar-refractivity contribution in [1.82, 2.24) is 0 Å². The van der Waals surface area contributed by atoms with Gasteiger partial charge in [-0.1, -0.05) is 6.07 Å². The van der Waals surface area contributed by atoms with Gasteiger partial charge in [-0.2, -0.15) is 12.6 Å². The molecule has 0 spiro atoms. The van der Waals surface area contributed by atoms with Crippen LogP contribution in [0.25, 0.3) is 0 Å². The number of nitrogens with one attached hydrogen (secondary N) is 1. The van der Waals surface area contributed by atoms with Gasteiger partial charge in [0, 0.05) is 0 Å². The summed E-state index contributed by atoms with van der Waals surface area (Å²) in [5, 5.41) is 2.00. The van der Waals surface area contributed by atoms with E-state index in [1.54, 1.807) is 26.0 Å². The van der Waals surface area contributed by atoms with E-state index in [1.807, 2.05) is 0 Å². The Kier molecular flexibility index (Phi) is 3.52. The van der Waals surface area contributed by atoms with Gasteiger partial charge in [0.15, 0.2) is 0 Å². The quantitative estimate of drug-likeness (QED) is 0.726. The Morgan fingerprint density at radius 3 is 2.71 bits per heavy atom. The summed E-state index contributed by atoms with van der Waals surface area (Å²) >= 11 is 3.94. The number of halogens is 1. The van der Waals surface area contributed by atoms with Crippen LogP contribution in [0, 0.1) is 12.7 Å². The number of amides is 1. The van der Waals surface area contributed by atoms with E-state index in [9.17, 15) is 9.18 Å². The van der Waals surface area contributed by atoms with E-state index in [1.165, 1.54) is 6.07 Å². The topological polar surface area (TPSA) is 29.1 Å². The Morgan fingerprint density at radius 2 is 2.21 bits per heavy atom. The lowest BCUT2D eigenvalue weighted by atomic mass is 10.2. The molecule has 1 atom stereocenters. The molecule has 1 unspecified atom stereocenters. The first-order valence-corrected chi connectivity index (χ1v) is 4.77. The number of benzene rings is 1. The second-order valence-electron chi connectivity index (χ2n) is 3.15. The number of hydrogen-bond acceptors (Lipinski definition) is 2. The molecule has 1 amide bonds. The third kappa shape index (κ3) is 2.73. The first-order valence-electron chi connectivity index (χ1n) is 4.26. The lowest BCUT2D eigenvalue weighted by Crippen LogP contribution is -2.21. The van der Waals surface area contributed by atoms with E-state index in [-0.39, 0.29) is 11.6 Å². The Hall–Kier alpha value is -1.03. The van der Waals surface area contributed by atoms with Crippen LogP contribution in [0.3, 0.4) is 0 Å². The molecule has 1 rings (SSSR count). The van der Waals surface area contributed by atoms with Gasteiger partial charge in [0.25, 0.3) is 0 Å². The number of carbonyl (C=O) groups is 1. The Bertz CT molecular complexity index is 352. The van der Waals surface area contributed by atoms with Crippen LogP contribution in [0.2, 0.25) is 0 Å². The number of carbonyl (C=O) groups excluding carboxylic acids is 1. The highest BCUT2D eigenvalue weighted by Gasteiger charge is 2.10. The van der Waals surface area contributed by atoms with Crippen molar-refractivity contribution in [3.63, 3.8) is 0 Å². The largest absolute Gasteiger partial charge is 0.323 e. The van der Waals surface area contributed by atoms with Crippen LogP contribution < -0.4 is 5.32 Å². The molecule has 0 aliphatic carbocycles. The lowest BCUT2D eigenvalue weighted by Gasteiger charge is -2.08. The van der Waals surface area contributed by atoms with Gasteiger partial charge in [0.2, 0.25) is 5.91 Å². The summed E-state index contributed by atoms with van der Waals surface area (Å²) < 4.78 is 13.2. The van der Waals surface area contributed by atoms with E-state index >= 15 is 0 Å². The highest BCUT2D eigenvalue weighted by molar-refractivity contribution is 7.81. The summed E-state index contributed by atoms with van der Waals surface area (Å²) in [7, 11) is 0. The molecule has 0 aromatic heterocycles. The predicted octanol–water partition coefficient (Wildman–Crippen LogP) is 2.39. The molecular formula is C10H12FNOS. The van der Waals surface area contributed by atoms with Crippen LogP contribution in [-0.4, -0.2) is 11.2 Å². The molecule has 76 valence electrons. The zero-order valence-electron chi connectivity index (χ0n) is 8.04. The van der Waals surface area contributed by atoms with Gasteiger partial charge in [0.05, 0.1) is 10.9 Å². The van der Waals surface area contributed by atoms with Gasteiger partial charge >= 0.3 is 0 Å². The molecule has 2 nitrogen and oxygen atoms in total. The summed E-state index contributed by atoms with van der Waals surface area (Å²) in [5.41, 5.74) is 1.01. The second-order valence-corrected chi connectivity index (χ2v) is 3.92. The van der Waals surface area contributed by atoms with Crippen LogP contribution in [0.5, 0.6) is 0 Å². The van der Waals surface area contributed by atoms with Crippen LogP contribution in [0.1, 0.15) is 12.5 Å². The summed E-state index contributed by atoms with van der Waals surface area (Å²) in [5.74, 6) is -0.733. The molecule has 0 aliphatic heterocycles. The lowest BCUT2D eigenvalue weighted by molar-refractivity contribution is -0.115. The SMILES string of the molecule is Cc1ccc(NC(=O)C(C)S)c(F)c1. The molecule has 1 aromatic carbocycles. The molecule has 1 aromatic rings. The third-order valence-electron chi connectivity index (χ3n) is 1.76. The molecule has 0 saturated heterocycles. The number of thiol groups is 1. The predicted molar refractivity (Wildman–Crippen MR) is 58.2 cm³/mol. The van der Waals surface area contributed by atoms with Crippen molar-refractivity contribution in [2.75, 3.05) is 5.32 Å². The normalized spacial score (nSPS) is 12.3. The molecule has 0 radical (unpaired) electrons. The minimum Gasteiger partial charge on any atom is -0.323 e. The molecule has 0 aliphatic rings. The Morgan fingerprint density at radius 1 is 1.57 bits per heavy atom. The molecule has 4 heteroatoms. The van der Waals surface area contributed by atoms with Crippen molar-refractivity contribution in [1.29, 1.82) is 0 Å². The number of rotatable bonds is 2. The maximum atomic E-state index is 13.2. The zero-order chi connectivity index (χ0) is 10.7. The van der Waals surface area contributed by atoms with E-state index in [0.717, 1.165) is 5.56 Å². The number of hydrogen-bond donors (Lipinski definition) is 2. The maximum Gasteiger partial charge on any atom is 0.237 e. The molecular weight excluding hydrogens is 201 g/mol.